The summed E-state index contributed by atoms with van der Waals surface area (Å²) in [7, 11) is 0. The second-order valence-corrected chi connectivity index (χ2v) is 2.93. The molecule has 1 N–H and O–H groups in total. The molecule has 2 heterocycles. The van der Waals surface area contributed by atoms with Crippen molar-refractivity contribution in [2.45, 2.75) is 18.6 Å². The lowest BCUT2D eigenvalue weighted by Crippen LogP contribution is -2.52. The predicted molar refractivity (Wildman–Crippen MR) is 36.7 cm³/mol. The monoisotopic (exact) mass is 143 g/mol. The van der Waals surface area contributed by atoms with Crippen molar-refractivity contribution in [3.05, 3.63) is 0 Å². The van der Waals surface area contributed by atoms with Gasteiger partial charge in [0.05, 0.1) is 19.8 Å². The molecule has 2 aliphatic heterocycles. The van der Waals surface area contributed by atoms with Crippen LogP contribution in [0.4, 0.5) is 0 Å². The van der Waals surface area contributed by atoms with Crippen molar-refractivity contribution in [1.29, 1.82) is 0 Å². The molecule has 3 nitrogen and oxygen atoms in total. The lowest BCUT2D eigenvalue weighted by Gasteiger charge is -2.33. The van der Waals surface area contributed by atoms with Crippen molar-refractivity contribution < 1.29 is 9.47 Å². The molecule has 0 bridgehead atoms. The van der Waals surface area contributed by atoms with Crippen molar-refractivity contribution in [1.82, 2.24) is 5.32 Å². The highest BCUT2D eigenvalue weighted by atomic mass is 16.6. The summed E-state index contributed by atoms with van der Waals surface area (Å²) in [5.74, 6) is 0. The van der Waals surface area contributed by atoms with Gasteiger partial charge < -0.3 is 9.47 Å². The van der Waals surface area contributed by atoms with Crippen LogP contribution in [0.3, 0.4) is 0 Å². The molecule has 0 radical (unpaired) electrons. The van der Waals surface area contributed by atoms with Crippen LogP contribution < -0.4 is 5.32 Å². The Labute approximate surface area is 60.7 Å². The molecule has 0 aromatic rings. The fourth-order valence-corrected chi connectivity index (χ4v) is 1.51. The summed E-state index contributed by atoms with van der Waals surface area (Å²) in [6.07, 6.45) is 2.13. The maximum atomic E-state index is 5.59. The van der Waals surface area contributed by atoms with E-state index >= 15 is 0 Å². The Balaban J connectivity index is 1.98. The number of hydrogen-bond donors (Lipinski definition) is 1. The summed E-state index contributed by atoms with van der Waals surface area (Å²) in [5.41, 5.74) is -0.0990. The summed E-state index contributed by atoms with van der Waals surface area (Å²) in [6, 6.07) is 0. The minimum Gasteiger partial charge on any atom is -0.377 e. The molecule has 2 fully saturated rings. The number of hydrogen-bond acceptors (Lipinski definition) is 3. The Morgan fingerprint density at radius 2 is 2.30 bits per heavy atom. The third kappa shape index (κ3) is 1.05. The van der Waals surface area contributed by atoms with Gasteiger partial charge in [-0.1, -0.05) is 0 Å². The highest BCUT2D eigenvalue weighted by Crippen LogP contribution is 2.22. The third-order valence-corrected chi connectivity index (χ3v) is 2.13. The predicted octanol–water partition coefficient (Wildman–Crippen LogP) is 0.113. The Morgan fingerprint density at radius 3 is 2.90 bits per heavy atom. The summed E-state index contributed by atoms with van der Waals surface area (Å²) in [4.78, 5) is 0. The summed E-state index contributed by atoms with van der Waals surface area (Å²) in [6.45, 7) is 3.53. The van der Waals surface area contributed by atoms with E-state index < -0.39 is 0 Å². The molecule has 1 unspecified atom stereocenters. The van der Waals surface area contributed by atoms with Crippen LogP contribution in [0, 0.1) is 0 Å². The SMILES string of the molecule is C1CNC2(CCOC2)OC1. The average molecular weight is 143 g/mol. The molecule has 0 amide bonds. The Morgan fingerprint density at radius 1 is 1.30 bits per heavy atom. The first-order valence-electron chi connectivity index (χ1n) is 3.88. The van der Waals surface area contributed by atoms with Crippen molar-refractivity contribution >= 4 is 0 Å². The molecule has 58 valence electrons. The first kappa shape index (κ1) is 6.58. The Hall–Kier alpha value is -0.120. The van der Waals surface area contributed by atoms with Crippen LogP contribution >= 0.6 is 0 Å². The topological polar surface area (TPSA) is 30.5 Å². The van der Waals surface area contributed by atoms with Gasteiger partial charge in [-0.15, -0.1) is 0 Å². The van der Waals surface area contributed by atoms with Crippen molar-refractivity contribution in [3.63, 3.8) is 0 Å². The fourth-order valence-electron chi connectivity index (χ4n) is 1.51. The van der Waals surface area contributed by atoms with Gasteiger partial charge in [0, 0.05) is 13.0 Å². The first-order chi connectivity index (χ1) is 4.91. The van der Waals surface area contributed by atoms with Gasteiger partial charge in [-0.2, -0.15) is 0 Å². The van der Waals surface area contributed by atoms with E-state index in [1.807, 2.05) is 0 Å². The van der Waals surface area contributed by atoms with Gasteiger partial charge in [-0.3, -0.25) is 5.32 Å². The Bertz CT molecular complexity index is 113. The largest absolute Gasteiger partial charge is 0.377 e. The minimum absolute atomic E-state index is 0.0990. The molecule has 2 aliphatic rings. The van der Waals surface area contributed by atoms with E-state index in [-0.39, 0.29) is 5.72 Å². The van der Waals surface area contributed by atoms with Crippen LogP contribution in [0.25, 0.3) is 0 Å². The van der Waals surface area contributed by atoms with Gasteiger partial charge in [0.25, 0.3) is 0 Å². The number of ether oxygens (including phenoxy) is 2. The molecule has 2 saturated heterocycles. The molecule has 10 heavy (non-hydrogen) atoms. The third-order valence-electron chi connectivity index (χ3n) is 2.13. The molecule has 0 aromatic carbocycles. The zero-order valence-corrected chi connectivity index (χ0v) is 6.06. The second-order valence-electron chi connectivity index (χ2n) is 2.93. The molecule has 0 aliphatic carbocycles. The standard InChI is InChI=1S/C7H13NO2/c1-3-8-7(10-4-1)2-5-9-6-7/h8H,1-6H2. The molecule has 3 heteroatoms. The smallest absolute Gasteiger partial charge is 0.144 e. The molecule has 2 rings (SSSR count). The van der Waals surface area contributed by atoms with Gasteiger partial charge in [0.1, 0.15) is 5.72 Å². The van der Waals surface area contributed by atoms with Crippen molar-refractivity contribution in [2.24, 2.45) is 0 Å². The van der Waals surface area contributed by atoms with E-state index in [0.717, 1.165) is 39.2 Å². The fraction of sp³-hybridized carbons (Fsp3) is 1.00. The normalized spacial score (nSPS) is 40.8. The van der Waals surface area contributed by atoms with E-state index in [2.05, 4.69) is 5.32 Å². The van der Waals surface area contributed by atoms with Crippen LogP contribution in [0.2, 0.25) is 0 Å². The van der Waals surface area contributed by atoms with Crippen LogP contribution in [0.15, 0.2) is 0 Å². The molecule has 1 spiro atoms. The zero-order valence-electron chi connectivity index (χ0n) is 6.06. The summed E-state index contributed by atoms with van der Waals surface area (Å²) < 4.78 is 10.8. The summed E-state index contributed by atoms with van der Waals surface area (Å²) in [5, 5.41) is 3.35. The van der Waals surface area contributed by atoms with Gasteiger partial charge in [0.15, 0.2) is 0 Å². The molecular formula is C7H13NO2. The quantitative estimate of drug-likeness (QED) is 0.522. The van der Waals surface area contributed by atoms with Crippen LogP contribution in [-0.4, -0.2) is 32.1 Å². The molecular weight excluding hydrogens is 130 g/mol. The maximum absolute atomic E-state index is 5.59. The van der Waals surface area contributed by atoms with Crippen molar-refractivity contribution in [3.8, 4) is 0 Å². The van der Waals surface area contributed by atoms with E-state index in [0.29, 0.717) is 0 Å². The maximum Gasteiger partial charge on any atom is 0.144 e. The summed E-state index contributed by atoms with van der Waals surface area (Å²) >= 11 is 0. The zero-order chi connectivity index (χ0) is 6.86. The van der Waals surface area contributed by atoms with Crippen LogP contribution in [-0.2, 0) is 9.47 Å². The van der Waals surface area contributed by atoms with Gasteiger partial charge in [-0.25, -0.2) is 0 Å². The highest BCUT2D eigenvalue weighted by molar-refractivity contribution is 4.84. The van der Waals surface area contributed by atoms with E-state index in [4.69, 9.17) is 9.47 Å². The van der Waals surface area contributed by atoms with Crippen LogP contribution in [0.5, 0.6) is 0 Å². The molecule has 0 aromatic heterocycles. The van der Waals surface area contributed by atoms with Gasteiger partial charge in [0.2, 0.25) is 0 Å². The van der Waals surface area contributed by atoms with E-state index in [1.54, 1.807) is 0 Å². The van der Waals surface area contributed by atoms with Crippen LogP contribution in [0.1, 0.15) is 12.8 Å². The lowest BCUT2D eigenvalue weighted by atomic mass is 10.1. The second kappa shape index (κ2) is 2.49. The first-order valence-corrected chi connectivity index (χ1v) is 3.88. The highest BCUT2D eigenvalue weighted by Gasteiger charge is 2.36. The lowest BCUT2D eigenvalue weighted by molar-refractivity contribution is -0.0954. The minimum atomic E-state index is -0.0990. The molecule has 0 saturated carbocycles. The van der Waals surface area contributed by atoms with Crippen molar-refractivity contribution in [2.75, 3.05) is 26.4 Å². The molecule has 1 atom stereocenters. The van der Waals surface area contributed by atoms with Gasteiger partial charge >= 0.3 is 0 Å². The van der Waals surface area contributed by atoms with E-state index in [1.165, 1.54) is 0 Å². The Kier molecular flexibility index (Phi) is 1.64. The van der Waals surface area contributed by atoms with E-state index in [9.17, 15) is 0 Å². The number of rotatable bonds is 0. The number of nitrogens with one attached hydrogen (secondary N) is 1. The average Bonchev–Trinajstić information content (AvgIpc) is 2.39. The van der Waals surface area contributed by atoms with Gasteiger partial charge in [-0.05, 0) is 6.42 Å².